The van der Waals surface area contributed by atoms with E-state index in [2.05, 4.69) is 36.7 Å². The van der Waals surface area contributed by atoms with E-state index in [-0.39, 0.29) is 6.15 Å². The van der Waals surface area contributed by atoms with Crippen molar-refractivity contribution in [1.82, 2.24) is 6.15 Å². The highest BCUT2D eigenvalue weighted by Gasteiger charge is 2.25. The van der Waals surface area contributed by atoms with Crippen molar-refractivity contribution in [3.63, 3.8) is 0 Å². The van der Waals surface area contributed by atoms with E-state index < -0.39 is 0 Å². The van der Waals surface area contributed by atoms with Gasteiger partial charge in [-0.25, -0.2) is 0 Å². The molecule has 0 aliphatic carbocycles. The summed E-state index contributed by atoms with van der Waals surface area (Å²) in [6.45, 7) is 6.96. The van der Waals surface area contributed by atoms with E-state index in [1.54, 1.807) is 0 Å². The van der Waals surface area contributed by atoms with Gasteiger partial charge >= 0.3 is 0 Å². The van der Waals surface area contributed by atoms with E-state index in [4.69, 9.17) is 0 Å². The normalized spacial score (nSPS) is 11.8. The van der Waals surface area contributed by atoms with Gasteiger partial charge in [0, 0.05) is 4.32 Å². The van der Waals surface area contributed by atoms with Crippen molar-refractivity contribution in [3.8, 4) is 0 Å². The maximum atomic E-state index is 4.40. The van der Waals surface area contributed by atoms with Gasteiger partial charge in [0.15, 0.2) is 0 Å². The van der Waals surface area contributed by atoms with Crippen LogP contribution < -0.4 is 6.15 Å². The van der Waals surface area contributed by atoms with Gasteiger partial charge in [-0.15, -0.1) is 0 Å². The summed E-state index contributed by atoms with van der Waals surface area (Å²) < 4.78 is 0.429. The topological polar surface area (TPSA) is 35.0 Å². The molecule has 310 valence electrons. The van der Waals surface area contributed by atoms with Gasteiger partial charge in [-0.1, -0.05) is 306 Å². The molecule has 0 atom stereocenters. The van der Waals surface area contributed by atoms with Crippen LogP contribution in [-0.2, 0) is 0 Å². The Kier molecular flexibility index (Phi) is 48.9. The molecule has 0 aliphatic rings. The number of alkyl halides is 1. The number of halogens is 1. The lowest BCUT2D eigenvalue weighted by atomic mass is 9.89. The zero-order valence-corrected chi connectivity index (χ0v) is 38.0. The molecule has 0 bridgehead atoms. The second-order valence-corrected chi connectivity index (χ2v) is 18.9. The van der Waals surface area contributed by atoms with Crippen molar-refractivity contribution in [2.24, 2.45) is 0 Å². The monoisotopic (exact) mass is 784 g/mol. The Morgan fingerprint density at radius 1 is 0.216 bits per heavy atom. The molecule has 0 saturated carbocycles. The molecule has 0 aromatic rings. The van der Waals surface area contributed by atoms with Crippen molar-refractivity contribution >= 4 is 15.9 Å². The van der Waals surface area contributed by atoms with Crippen molar-refractivity contribution in [3.05, 3.63) is 0 Å². The summed E-state index contributed by atoms with van der Waals surface area (Å²) in [6.07, 6.45) is 65.7. The van der Waals surface area contributed by atoms with Crippen LogP contribution in [0.1, 0.15) is 310 Å². The standard InChI is InChI=1S/C49H99Br.H3N/c1-4-7-10-13-16-19-22-25-28-31-34-37-40-43-46-49(50,47-44-41-38-35-32-29-26-23-20-17-14-11-8-5-2)48-45-42-39-36-33-30-27-24-21-18-15-12-9-6-3;/h4-48H2,1-3H3;1H3. The van der Waals surface area contributed by atoms with Crippen LogP contribution in [0.15, 0.2) is 0 Å². The molecule has 0 aromatic heterocycles. The Balaban J connectivity index is 0. The Morgan fingerprint density at radius 2 is 0.333 bits per heavy atom. The van der Waals surface area contributed by atoms with Gasteiger partial charge in [0.25, 0.3) is 0 Å². The van der Waals surface area contributed by atoms with E-state index in [1.807, 2.05) is 0 Å². The van der Waals surface area contributed by atoms with Gasteiger partial charge in [0.05, 0.1) is 0 Å². The van der Waals surface area contributed by atoms with Crippen LogP contribution in [0.2, 0.25) is 0 Å². The van der Waals surface area contributed by atoms with E-state index in [0.717, 1.165) is 0 Å². The van der Waals surface area contributed by atoms with Crippen LogP contribution >= 0.6 is 15.9 Å². The minimum absolute atomic E-state index is 0. The molecule has 51 heavy (non-hydrogen) atoms. The smallest absolute Gasteiger partial charge is 0.0258 e. The fourth-order valence-corrected chi connectivity index (χ4v) is 9.13. The average molecular weight is 785 g/mol. The molecule has 3 N–H and O–H groups in total. The first kappa shape index (κ1) is 53.5. The summed E-state index contributed by atoms with van der Waals surface area (Å²) in [7, 11) is 0. The number of unbranched alkanes of at least 4 members (excludes halogenated alkanes) is 39. The van der Waals surface area contributed by atoms with Crippen LogP contribution in [0.5, 0.6) is 0 Å². The van der Waals surface area contributed by atoms with E-state index in [9.17, 15) is 0 Å². The number of hydrogen-bond donors (Lipinski definition) is 1. The van der Waals surface area contributed by atoms with Crippen molar-refractivity contribution in [1.29, 1.82) is 0 Å². The fraction of sp³-hybridized carbons (Fsp3) is 1.00. The third-order valence-corrected chi connectivity index (χ3v) is 13.1. The lowest BCUT2D eigenvalue weighted by Gasteiger charge is -2.28. The van der Waals surface area contributed by atoms with Crippen LogP contribution in [0.3, 0.4) is 0 Å². The molecule has 0 rings (SSSR count). The van der Waals surface area contributed by atoms with E-state index >= 15 is 0 Å². The first-order valence-corrected chi connectivity index (χ1v) is 25.2. The maximum Gasteiger partial charge on any atom is 0.0258 e. The van der Waals surface area contributed by atoms with Gasteiger partial charge in [-0.2, -0.15) is 0 Å². The third-order valence-electron chi connectivity index (χ3n) is 11.9. The van der Waals surface area contributed by atoms with Crippen LogP contribution in [0.4, 0.5) is 0 Å². The highest BCUT2D eigenvalue weighted by molar-refractivity contribution is 9.10. The van der Waals surface area contributed by atoms with Crippen molar-refractivity contribution < 1.29 is 0 Å². The predicted molar refractivity (Wildman–Crippen MR) is 241 cm³/mol. The molecule has 0 unspecified atom stereocenters. The molecule has 0 heterocycles. The Hall–Kier alpha value is 0.440. The highest BCUT2D eigenvalue weighted by Crippen LogP contribution is 2.37. The molecular weight excluding hydrogens is 682 g/mol. The van der Waals surface area contributed by atoms with Crippen LogP contribution in [0, 0.1) is 0 Å². The van der Waals surface area contributed by atoms with Crippen molar-refractivity contribution in [2.45, 2.75) is 314 Å². The predicted octanol–water partition coefficient (Wildman–Crippen LogP) is 19.9. The molecule has 0 fully saturated rings. The van der Waals surface area contributed by atoms with Gasteiger partial charge in [0.2, 0.25) is 0 Å². The Labute approximate surface area is 334 Å². The summed E-state index contributed by atoms with van der Waals surface area (Å²) in [5.74, 6) is 0. The van der Waals surface area contributed by atoms with Gasteiger partial charge in [0.1, 0.15) is 0 Å². The van der Waals surface area contributed by atoms with Gasteiger partial charge < -0.3 is 6.15 Å². The average Bonchev–Trinajstić information content (AvgIpc) is 3.12. The highest BCUT2D eigenvalue weighted by atomic mass is 79.9. The summed E-state index contributed by atoms with van der Waals surface area (Å²) >= 11 is 4.40. The van der Waals surface area contributed by atoms with E-state index in [1.165, 1.54) is 289 Å². The molecule has 0 amide bonds. The van der Waals surface area contributed by atoms with Crippen LogP contribution in [0.25, 0.3) is 0 Å². The zero-order valence-electron chi connectivity index (χ0n) is 36.4. The second-order valence-electron chi connectivity index (χ2n) is 17.2. The molecule has 0 aliphatic heterocycles. The minimum Gasteiger partial charge on any atom is -0.344 e. The quantitative estimate of drug-likeness (QED) is 0.0484. The first-order valence-electron chi connectivity index (χ1n) is 24.4. The largest absolute Gasteiger partial charge is 0.344 e. The molecule has 0 aromatic carbocycles. The summed E-state index contributed by atoms with van der Waals surface area (Å²) in [4.78, 5) is 0. The molecule has 0 saturated heterocycles. The van der Waals surface area contributed by atoms with Gasteiger partial charge in [-0.3, -0.25) is 0 Å². The summed E-state index contributed by atoms with van der Waals surface area (Å²) in [5.41, 5.74) is 0. The molecule has 0 radical (unpaired) electrons. The lowest BCUT2D eigenvalue weighted by Crippen LogP contribution is -2.21. The molecule has 1 nitrogen and oxygen atoms in total. The molecule has 0 spiro atoms. The Morgan fingerprint density at radius 3 is 0.471 bits per heavy atom. The molecular formula is C49H102BrN. The molecule has 2 heteroatoms. The maximum absolute atomic E-state index is 4.40. The van der Waals surface area contributed by atoms with Crippen LogP contribution in [-0.4, -0.2) is 4.32 Å². The first-order chi connectivity index (χ1) is 24.7. The number of rotatable bonds is 45. The summed E-state index contributed by atoms with van der Waals surface area (Å²) in [5, 5.41) is 0. The minimum atomic E-state index is 0. The SMILES string of the molecule is CCCCCCCCCCCCCCCCC(Br)(CCCCCCCCCCCCCCCC)CCCCCCCCCCCCCCCC.N. The zero-order chi connectivity index (χ0) is 36.3. The summed E-state index contributed by atoms with van der Waals surface area (Å²) in [6, 6.07) is 0. The third kappa shape index (κ3) is 44.7. The van der Waals surface area contributed by atoms with Crippen molar-refractivity contribution in [2.75, 3.05) is 0 Å². The number of hydrogen-bond acceptors (Lipinski definition) is 1. The van der Waals surface area contributed by atoms with E-state index in [0.29, 0.717) is 4.32 Å². The second kappa shape index (κ2) is 46.6. The fourth-order valence-electron chi connectivity index (χ4n) is 8.28. The lowest BCUT2D eigenvalue weighted by molar-refractivity contribution is 0.409. The van der Waals surface area contributed by atoms with Gasteiger partial charge in [-0.05, 0) is 19.3 Å². The Bertz CT molecular complexity index is 512.